The van der Waals surface area contributed by atoms with Gasteiger partial charge in [-0.1, -0.05) is 0 Å². The molecule has 0 N–H and O–H groups in total. The van der Waals surface area contributed by atoms with Crippen molar-refractivity contribution in [2.75, 3.05) is 0 Å². The van der Waals surface area contributed by atoms with E-state index in [1.54, 1.807) is 6.08 Å². The normalized spacial score (nSPS) is 5.89. The number of rotatable bonds is 2. The van der Waals surface area contributed by atoms with Gasteiger partial charge in [0.05, 0.1) is 0 Å². The van der Waals surface area contributed by atoms with Crippen molar-refractivity contribution in [1.82, 2.24) is 0 Å². The van der Waals surface area contributed by atoms with Gasteiger partial charge in [0.25, 0.3) is 0 Å². The third-order valence-corrected chi connectivity index (χ3v) is 0.440. The van der Waals surface area contributed by atoms with Crippen molar-refractivity contribution in [1.29, 1.82) is 0 Å². The van der Waals surface area contributed by atoms with Crippen molar-refractivity contribution in [2.45, 2.75) is 6.92 Å². The van der Waals surface area contributed by atoms with Crippen LogP contribution in [-0.2, 0) is 20.4 Å². The summed E-state index contributed by atoms with van der Waals surface area (Å²) in [4.78, 5) is 0. The van der Waals surface area contributed by atoms with E-state index in [1.807, 2.05) is 25.5 Å². The predicted molar refractivity (Wildman–Crippen MR) is 29.3 cm³/mol. The second-order valence-electron chi connectivity index (χ2n) is 0.954. The second kappa shape index (κ2) is 23.5. The molecule has 0 aromatic carbocycles. The number of hydrogen-bond acceptors (Lipinski definition) is 0. The van der Waals surface area contributed by atoms with Crippen LogP contribution in [0.25, 0.3) is 0 Å². The number of halogens is 2. The fourth-order valence-corrected chi connectivity index (χ4v) is 0.190. The van der Waals surface area contributed by atoms with Gasteiger partial charge in [-0.05, 0) is 0 Å². The first-order valence-electron chi connectivity index (χ1n) is 1.99. The molecule has 0 unspecified atom stereocenters. The molecule has 3 heteroatoms. The van der Waals surface area contributed by atoms with E-state index in [0.29, 0.717) is 0 Å². The van der Waals surface area contributed by atoms with Gasteiger partial charge in [0.1, 0.15) is 0 Å². The Morgan fingerprint density at radius 3 is 1.89 bits per heavy atom. The molecule has 0 aliphatic rings. The van der Waals surface area contributed by atoms with E-state index in [0.717, 1.165) is 0 Å². The summed E-state index contributed by atoms with van der Waals surface area (Å²) in [5.74, 6) is 0. The van der Waals surface area contributed by atoms with Crippen LogP contribution in [0, 0.1) is 6.42 Å². The first-order valence-corrected chi connectivity index (χ1v) is 1.99. The van der Waals surface area contributed by atoms with Gasteiger partial charge >= 0.3 is 20.4 Å². The largest absolute Gasteiger partial charge is 2.00 e. The maximum absolute atomic E-state index is 3.49. The minimum Gasteiger partial charge on any atom is -1.00 e. The van der Waals surface area contributed by atoms with E-state index < -0.39 is 0 Å². The Bertz CT molecular complexity index is 62.1. The molecule has 0 saturated heterocycles. The topological polar surface area (TPSA) is 0 Å². The molecule has 0 spiro atoms. The minimum absolute atomic E-state index is 0. The van der Waals surface area contributed by atoms with Crippen LogP contribution in [-0.4, -0.2) is 0 Å². The Morgan fingerprint density at radius 1 is 1.33 bits per heavy atom. The van der Waals surface area contributed by atoms with Crippen LogP contribution in [0.1, 0.15) is 6.92 Å². The number of hydrogen-bond donors (Lipinski definition) is 0. The Labute approximate surface area is 83.3 Å². The zero-order valence-electron chi connectivity index (χ0n) is 5.09. The molecule has 58 valence electrons. The van der Waals surface area contributed by atoms with E-state index >= 15 is 0 Å². The van der Waals surface area contributed by atoms with Crippen molar-refractivity contribution in [3.05, 3.63) is 31.2 Å². The van der Waals surface area contributed by atoms with Gasteiger partial charge in [0.15, 0.2) is 0 Å². The number of allylic oxidation sites excluding steroid dienone is 3. The maximum Gasteiger partial charge on any atom is 2.00 e. The zero-order chi connectivity index (χ0) is 4.83. The van der Waals surface area contributed by atoms with Crippen molar-refractivity contribution in [3.63, 3.8) is 0 Å². The van der Waals surface area contributed by atoms with Gasteiger partial charge in [-0.15, -0.1) is 13.5 Å². The Hall–Kier alpha value is 0.592. The van der Waals surface area contributed by atoms with Crippen LogP contribution in [0.3, 0.4) is 0 Å². The van der Waals surface area contributed by atoms with E-state index in [-0.39, 0.29) is 45.2 Å². The Kier molecular flexibility index (Phi) is 59.1. The summed E-state index contributed by atoms with van der Waals surface area (Å²) in [5.41, 5.74) is 0. The van der Waals surface area contributed by atoms with E-state index in [4.69, 9.17) is 0 Å². The molecule has 0 aromatic heterocycles. The van der Waals surface area contributed by atoms with Crippen molar-refractivity contribution >= 4 is 0 Å². The summed E-state index contributed by atoms with van der Waals surface area (Å²) in [5, 5.41) is 0. The molecule has 9 heavy (non-hydrogen) atoms. The molecule has 0 nitrogen and oxygen atoms in total. The molecule has 0 aliphatic heterocycles. The molecule has 0 heterocycles. The zero-order valence-corrected chi connectivity index (χ0v) is 8.16. The van der Waals surface area contributed by atoms with Gasteiger partial charge in [-0.2, -0.15) is 6.08 Å². The summed E-state index contributed by atoms with van der Waals surface area (Å²) >= 11 is 0. The van der Waals surface area contributed by atoms with E-state index in [2.05, 4.69) is 6.58 Å². The molecule has 0 bridgehead atoms. The Balaban J connectivity index is -0.0000000417. The average Bonchev–Trinajstić information content (AvgIpc) is 1.61. The molecule has 0 saturated carbocycles. The van der Waals surface area contributed by atoms with E-state index in [9.17, 15) is 0 Å². The summed E-state index contributed by atoms with van der Waals surface area (Å²) in [6.07, 6.45) is 7.54. The van der Waals surface area contributed by atoms with Crippen LogP contribution >= 0.6 is 0 Å². The van der Waals surface area contributed by atoms with Gasteiger partial charge in [-0.25, -0.2) is 18.6 Å². The molecule has 0 aromatic rings. The van der Waals surface area contributed by atoms with Crippen molar-refractivity contribution in [2.24, 2.45) is 0 Å². The molecule has 0 amide bonds. The maximum atomic E-state index is 3.49. The molecule has 0 fully saturated rings. The quantitative estimate of drug-likeness (QED) is 0.269. The van der Waals surface area contributed by atoms with Crippen LogP contribution in [0.2, 0.25) is 0 Å². The molecular weight excluding hydrogens is 249 g/mol. The third kappa shape index (κ3) is 28.9. The average molecular weight is 258 g/mol. The predicted octanol–water partition coefficient (Wildman–Crippen LogP) is -4.04. The smallest absolute Gasteiger partial charge is 1.00 e. The fourth-order valence-electron chi connectivity index (χ4n) is 0.190. The summed E-state index contributed by atoms with van der Waals surface area (Å²) in [6, 6.07) is 0. The molecule has 0 radical (unpaired) electrons. The summed E-state index contributed by atoms with van der Waals surface area (Å²) < 4.78 is 0. The summed E-state index contributed by atoms with van der Waals surface area (Å²) in [6.45, 7) is 5.46. The molecule has 0 atom stereocenters. The van der Waals surface area contributed by atoms with Gasteiger partial charge in [-0.3, -0.25) is 0 Å². The van der Waals surface area contributed by atoms with Crippen LogP contribution in [0.5, 0.6) is 0 Å². The molecule has 0 rings (SSSR count). The fraction of sp³-hybridized carbons (Fsp3) is 0.167. The van der Waals surface area contributed by atoms with Gasteiger partial charge < -0.3 is 24.8 Å². The standard InChI is InChI=1S/C6H9.2ClH.Pd/c1-3-5-6-4-2;;;/h3-6H,1H2,2H3;2*1H;/q-1;;;+2/p-2. The third-order valence-electron chi connectivity index (χ3n) is 0.440. The summed E-state index contributed by atoms with van der Waals surface area (Å²) in [7, 11) is 0. The Morgan fingerprint density at radius 2 is 1.78 bits per heavy atom. The monoisotopic (exact) mass is 257 g/mol. The minimum atomic E-state index is 0. The second-order valence-corrected chi connectivity index (χ2v) is 0.954. The van der Waals surface area contributed by atoms with Crippen molar-refractivity contribution in [3.8, 4) is 0 Å². The molecular formula is C6H9Cl2Pd-. The van der Waals surface area contributed by atoms with Gasteiger partial charge in [0, 0.05) is 0 Å². The van der Waals surface area contributed by atoms with Crippen molar-refractivity contribution < 1.29 is 45.2 Å². The van der Waals surface area contributed by atoms with Crippen LogP contribution in [0.15, 0.2) is 24.8 Å². The van der Waals surface area contributed by atoms with E-state index in [1.165, 1.54) is 0 Å². The SMILES string of the molecule is C=CC=C[CH-]C.[Cl-].[Cl-].[Pd+2]. The first kappa shape index (κ1) is 22.6. The van der Waals surface area contributed by atoms with Crippen LogP contribution in [0.4, 0.5) is 0 Å². The molecule has 0 aliphatic carbocycles. The van der Waals surface area contributed by atoms with Crippen LogP contribution < -0.4 is 24.8 Å². The first-order chi connectivity index (χ1) is 2.91. The van der Waals surface area contributed by atoms with Gasteiger partial charge in [0.2, 0.25) is 0 Å².